The van der Waals surface area contributed by atoms with Crippen molar-refractivity contribution in [2.45, 2.75) is 20.3 Å². The molecular formula is C33H34BrClO4. The molecule has 4 nitrogen and oxygen atoms in total. The third-order valence-corrected chi connectivity index (χ3v) is 5.91. The van der Waals surface area contributed by atoms with Gasteiger partial charge in [-0.05, 0) is 60.2 Å². The van der Waals surface area contributed by atoms with Gasteiger partial charge < -0.3 is 10.2 Å². The van der Waals surface area contributed by atoms with Crippen LogP contribution in [0.4, 0.5) is 0 Å². The highest BCUT2D eigenvalue weighted by Crippen LogP contribution is 2.24. The molecule has 0 heterocycles. The van der Waals surface area contributed by atoms with E-state index in [9.17, 15) is 9.59 Å². The van der Waals surface area contributed by atoms with E-state index in [2.05, 4.69) is 85.2 Å². The lowest BCUT2D eigenvalue weighted by Gasteiger charge is -2.08. The number of carbonyl (C=O) groups is 2. The van der Waals surface area contributed by atoms with Crippen LogP contribution in [0.3, 0.4) is 0 Å². The minimum Gasteiger partial charge on any atom is -0.478 e. The normalized spacial score (nSPS) is 9.03. The van der Waals surface area contributed by atoms with Crippen LogP contribution in [0, 0.1) is 0 Å². The highest BCUT2D eigenvalue weighted by molar-refractivity contribution is 9.10. The molecule has 0 bridgehead atoms. The van der Waals surface area contributed by atoms with Crippen LogP contribution in [-0.4, -0.2) is 22.2 Å². The standard InChI is InChI=1S/C17H15Br.C8H7Cl.2C4H6O2/c1-3-13-9-10-16(17(18)11-13)12-15-8-6-5-7-14(15)4-2;1-2-7-5-3-4-6-8(7)9;2*1-3(2)4(5)6/h3-11H,1-2,12H2;2-6H,1H2;2*1H2,2H3,(H,5,6). The van der Waals surface area contributed by atoms with E-state index in [0.29, 0.717) is 0 Å². The molecule has 0 aliphatic rings. The summed E-state index contributed by atoms with van der Waals surface area (Å²) in [5.41, 5.74) is 6.22. The van der Waals surface area contributed by atoms with Gasteiger partial charge in [-0.25, -0.2) is 9.59 Å². The lowest BCUT2D eigenvalue weighted by Crippen LogP contribution is -1.93. The van der Waals surface area contributed by atoms with Crippen LogP contribution in [0.5, 0.6) is 0 Å². The Kier molecular flexibility index (Phi) is 17.3. The number of carboxylic acid groups (broad SMARTS) is 2. The molecule has 0 atom stereocenters. The van der Waals surface area contributed by atoms with E-state index in [-0.39, 0.29) is 11.1 Å². The van der Waals surface area contributed by atoms with Gasteiger partial charge in [-0.2, -0.15) is 0 Å². The van der Waals surface area contributed by atoms with Crippen molar-refractivity contribution in [3.8, 4) is 0 Å². The topological polar surface area (TPSA) is 74.6 Å². The Balaban J connectivity index is 0.000000573. The quantitative estimate of drug-likeness (QED) is 0.262. The Morgan fingerprint density at radius 3 is 1.62 bits per heavy atom. The first-order valence-corrected chi connectivity index (χ1v) is 12.8. The molecule has 0 spiro atoms. The van der Waals surface area contributed by atoms with Crippen molar-refractivity contribution in [1.82, 2.24) is 0 Å². The maximum Gasteiger partial charge on any atom is 0.330 e. The van der Waals surface area contributed by atoms with Gasteiger partial charge in [-0.15, -0.1) is 0 Å². The SMILES string of the molecule is C=C(C)C(=O)O.C=C(C)C(=O)O.C=Cc1ccc(Cc2ccccc2C=C)c(Br)c1.C=Cc1ccccc1Cl. The van der Waals surface area contributed by atoms with Crippen molar-refractivity contribution >= 4 is 57.7 Å². The smallest absolute Gasteiger partial charge is 0.330 e. The van der Waals surface area contributed by atoms with Crippen LogP contribution >= 0.6 is 27.5 Å². The first-order chi connectivity index (χ1) is 18.4. The van der Waals surface area contributed by atoms with Gasteiger partial charge in [-0.3, -0.25) is 0 Å². The van der Waals surface area contributed by atoms with Gasteiger partial charge in [0, 0.05) is 20.6 Å². The Hall–Kier alpha value is -3.93. The van der Waals surface area contributed by atoms with E-state index < -0.39 is 11.9 Å². The van der Waals surface area contributed by atoms with Crippen LogP contribution in [-0.2, 0) is 16.0 Å². The van der Waals surface area contributed by atoms with Crippen LogP contribution in [0.2, 0.25) is 5.02 Å². The zero-order valence-electron chi connectivity index (χ0n) is 22.3. The number of hydrogen-bond acceptors (Lipinski definition) is 2. The molecule has 3 aromatic rings. The Morgan fingerprint density at radius 1 is 0.769 bits per heavy atom. The molecular weight excluding hydrogens is 576 g/mol. The monoisotopic (exact) mass is 608 g/mol. The second kappa shape index (κ2) is 19.2. The zero-order valence-corrected chi connectivity index (χ0v) is 24.6. The summed E-state index contributed by atoms with van der Waals surface area (Å²) >= 11 is 9.37. The number of hydrogen-bond donors (Lipinski definition) is 2. The number of aliphatic carboxylic acids is 2. The van der Waals surface area contributed by atoms with Crippen LogP contribution in [0.25, 0.3) is 18.2 Å². The predicted molar refractivity (Wildman–Crippen MR) is 170 cm³/mol. The van der Waals surface area contributed by atoms with Gasteiger partial charge in [0.1, 0.15) is 0 Å². The highest BCUT2D eigenvalue weighted by atomic mass is 79.9. The fraction of sp³-hybridized carbons (Fsp3) is 0.0909. The zero-order chi connectivity index (χ0) is 30.0. The minimum atomic E-state index is -0.935. The summed E-state index contributed by atoms with van der Waals surface area (Å²) in [6.45, 7) is 20.4. The highest BCUT2D eigenvalue weighted by Gasteiger charge is 2.04. The molecule has 0 aliphatic carbocycles. The summed E-state index contributed by atoms with van der Waals surface area (Å²) in [5, 5.41) is 16.5. The summed E-state index contributed by atoms with van der Waals surface area (Å²) in [6, 6.07) is 22.3. The maximum absolute atomic E-state index is 9.60. The summed E-state index contributed by atoms with van der Waals surface area (Å²) in [7, 11) is 0. The van der Waals surface area contributed by atoms with E-state index in [1.54, 1.807) is 6.08 Å². The van der Waals surface area contributed by atoms with Gasteiger partial charge in [0.15, 0.2) is 0 Å². The number of rotatable bonds is 7. The van der Waals surface area contributed by atoms with Crippen LogP contribution in [0.15, 0.2) is 115 Å². The second-order valence-electron chi connectivity index (χ2n) is 8.03. The number of benzene rings is 3. The largest absolute Gasteiger partial charge is 0.478 e. The van der Waals surface area contributed by atoms with Gasteiger partial charge in [-0.1, -0.05) is 133 Å². The van der Waals surface area contributed by atoms with Gasteiger partial charge in [0.25, 0.3) is 0 Å². The molecule has 0 aromatic heterocycles. The van der Waals surface area contributed by atoms with Crippen molar-refractivity contribution in [1.29, 1.82) is 0 Å². The van der Waals surface area contributed by atoms with Gasteiger partial charge in [0.2, 0.25) is 0 Å². The fourth-order valence-corrected chi connectivity index (χ4v) is 3.32. The summed E-state index contributed by atoms with van der Waals surface area (Å²) < 4.78 is 1.12. The number of halogens is 2. The fourth-order valence-electron chi connectivity index (χ4n) is 2.57. The molecule has 204 valence electrons. The van der Waals surface area contributed by atoms with Gasteiger partial charge >= 0.3 is 11.9 Å². The molecule has 0 amide bonds. The molecule has 3 rings (SSSR count). The van der Waals surface area contributed by atoms with E-state index in [0.717, 1.165) is 27.0 Å². The molecule has 3 aromatic carbocycles. The molecule has 0 saturated heterocycles. The van der Waals surface area contributed by atoms with Crippen LogP contribution in [0.1, 0.15) is 41.7 Å². The predicted octanol–water partition coefficient (Wildman–Crippen LogP) is 9.60. The van der Waals surface area contributed by atoms with E-state index in [4.69, 9.17) is 21.8 Å². The average Bonchev–Trinajstić information content (AvgIpc) is 2.91. The Bertz CT molecular complexity index is 1280. The average molecular weight is 610 g/mol. The van der Waals surface area contributed by atoms with E-state index in [1.807, 2.05) is 42.5 Å². The van der Waals surface area contributed by atoms with Crippen LogP contribution < -0.4 is 0 Å². The third kappa shape index (κ3) is 14.6. The molecule has 0 fully saturated rings. The van der Waals surface area contributed by atoms with Crippen molar-refractivity contribution in [2.24, 2.45) is 0 Å². The van der Waals surface area contributed by atoms with E-state index in [1.165, 1.54) is 30.5 Å². The molecule has 0 aliphatic heterocycles. The lowest BCUT2D eigenvalue weighted by atomic mass is 9.99. The molecule has 0 unspecified atom stereocenters. The van der Waals surface area contributed by atoms with Crippen molar-refractivity contribution in [3.63, 3.8) is 0 Å². The summed E-state index contributed by atoms with van der Waals surface area (Å²) in [5.74, 6) is -1.87. The molecule has 2 N–H and O–H groups in total. The van der Waals surface area contributed by atoms with Crippen molar-refractivity contribution in [2.75, 3.05) is 0 Å². The minimum absolute atomic E-state index is 0.176. The van der Waals surface area contributed by atoms with Crippen molar-refractivity contribution in [3.05, 3.63) is 148 Å². The number of carboxylic acids is 2. The Morgan fingerprint density at radius 2 is 1.23 bits per heavy atom. The van der Waals surface area contributed by atoms with Gasteiger partial charge in [0.05, 0.1) is 0 Å². The molecule has 0 radical (unpaired) electrons. The summed E-state index contributed by atoms with van der Waals surface area (Å²) in [4.78, 5) is 19.2. The third-order valence-electron chi connectivity index (χ3n) is 4.82. The van der Waals surface area contributed by atoms with Crippen molar-refractivity contribution < 1.29 is 19.8 Å². The first kappa shape index (κ1) is 35.1. The maximum atomic E-state index is 9.60. The summed E-state index contributed by atoms with van der Waals surface area (Å²) in [6.07, 6.45) is 6.40. The Labute approximate surface area is 245 Å². The molecule has 0 saturated carbocycles. The lowest BCUT2D eigenvalue weighted by molar-refractivity contribution is -0.133. The van der Waals surface area contributed by atoms with E-state index >= 15 is 0 Å². The second-order valence-corrected chi connectivity index (χ2v) is 9.29. The molecule has 6 heteroatoms. The molecule has 39 heavy (non-hydrogen) atoms. The first-order valence-electron chi connectivity index (χ1n) is 11.6.